The molecular weight excluding hydrogens is 329 g/mol. The average molecular weight is 357 g/mol. The minimum absolute atomic E-state index is 0.125. The van der Waals surface area contributed by atoms with Gasteiger partial charge in [0.2, 0.25) is 0 Å². The van der Waals surface area contributed by atoms with Gasteiger partial charge in [-0.3, -0.25) is 4.79 Å². The van der Waals surface area contributed by atoms with E-state index in [1.165, 1.54) is 6.07 Å². The van der Waals surface area contributed by atoms with Gasteiger partial charge in [-0.25, -0.2) is 4.39 Å². The molecule has 0 saturated heterocycles. The highest BCUT2D eigenvalue weighted by molar-refractivity contribution is 5.75. The van der Waals surface area contributed by atoms with Crippen LogP contribution in [0, 0.1) is 5.82 Å². The fraction of sp³-hybridized carbons (Fsp3) is 0.611. The third-order valence-electron chi connectivity index (χ3n) is 3.15. The van der Waals surface area contributed by atoms with Gasteiger partial charge in [0.1, 0.15) is 11.6 Å². The molecule has 0 saturated carbocycles. The monoisotopic (exact) mass is 357 g/mol. The molecule has 1 aromatic carbocycles. The normalized spacial score (nSPS) is 10.8. The number of nitrogens with one attached hydrogen (secondary N) is 1. The third-order valence-corrected chi connectivity index (χ3v) is 3.15. The molecule has 0 fully saturated rings. The van der Waals surface area contributed by atoms with Gasteiger partial charge >= 0.3 is 0 Å². The fourth-order valence-electron chi connectivity index (χ4n) is 1.84. The van der Waals surface area contributed by atoms with Crippen LogP contribution in [-0.4, -0.2) is 65.2 Å². The van der Waals surface area contributed by atoms with Crippen molar-refractivity contribution in [2.24, 2.45) is 0 Å². The van der Waals surface area contributed by atoms with Crippen LogP contribution >= 0.6 is 0 Å². The van der Waals surface area contributed by atoms with E-state index in [-0.39, 0.29) is 11.6 Å². The van der Waals surface area contributed by atoms with Crippen LogP contribution in [0.1, 0.15) is 13.3 Å². The molecule has 1 aromatic rings. The second-order valence-corrected chi connectivity index (χ2v) is 5.31. The average Bonchev–Trinajstić information content (AvgIpc) is 2.59. The van der Waals surface area contributed by atoms with Crippen LogP contribution in [0.5, 0.6) is 0 Å². The summed E-state index contributed by atoms with van der Waals surface area (Å²) in [5.41, 5.74) is 0.477. The summed E-state index contributed by atoms with van der Waals surface area (Å²) >= 11 is 0. The van der Waals surface area contributed by atoms with Crippen molar-refractivity contribution < 1.29 is 28.1 Å². The zero-order chi connectivity index (χ0) is 18.2. The molecular formula is C18H28FNO5. The van der Waals surface area contributed by atoms with Crippen molar-refractivity contribution in [2.45, 2.75) is 13.3 Å². The number of ketones is 1. The van der Waals surface area contributed by atoms with Crippen molar-refractivity contribution in [3.05, 3.63) is 30.1 Å². The molecule has 0 bridgehead atoms. The van der Waals surface area contributed by atoms with Crippen LogP contribution in [0.2, 0.25) is 0 Å². The second-order valence-electron chi connectivity index (χ2n) is 5.31. The maximum absolute atomic E-state index is 13.3. The number of hydrogen-bond donors (Lipinski definition) is 1. The van der Waals surface area contributed by atoms with Crippen molar-refractivity contribution in [3.8, 4) is 0 Å². The summed E-state index contributed by atoms with van der Waals surface area (Å²) in [5, 5.41) is 2.97. The summed E-state index contributed by atoms with van der Waals surface area (Å²) < 4.78 is 34.6. The first-order valence-corrected chi connectivity index (χ1v) is 8.49. The van der Waals surface area contributed by atoms with Crippen LogP contribution in [0.15, 0.2) is 24.3 Å². The number of hydrogen-bond acceptors (Lipinski definition) is 6. The van der Waals surface area contributed by atoms with E-state index < -0.39 is 0 Å². The lowest BCUT2D eigenvalue weighted by Crippen LogP contribution is -2.15. The SMILES string of the molecule is CC(=O)CCOCCOCCOCCOCCNc1ccccc1F. The van der Waals surface area contributed by atoms with E-state index in [9.17, 15) is 9.18 Å². The van der Waals surface area contributed by atoms with Gasteiger partial charge in [-0.05, 0) is 19.1 Å². The number of halogens is 1. The lowest BCUT2D eigenvalue weighted by molar-refractivity contribution is -0.118. The Morgan fingerprint density at radius 1 is 0.880 bits per heavy atom. The molecule has 6 nitrogen and oxygen atoms in total. The van der Waals surface area contributed by atoms with E-state index >= 15 is 0 Å². The molecule has 0 aromatic heterocycles. The molecule has 0 aliphatic heterocycles. The molecule has 0 unspecified atom stereocenters. The predicted molar refractivity (Wildman–Crippen MR) is 93.5 cm³/mol. The van der Waals surface area contributed by atoms with E-state index in [2.05, 4.69) is 5.32 Å². The fourth-order valence-corrected chi connectivity index (χ4v) is 1.84. The Morgan fingerprint density at radius 3 is 1.96 bits per heavy atom. The minimum Gasteiger partial charge on any atom is -0.380 e. The molecule has 1 rings (SSSR count). The van der Waals surface area contributed by atoms with E-state index in [0.29, 0.717) is 71.5 Å². The van der Waals surface area contributed by atoms with Crippen LogP contribution in [0.25, 0.3) is 0 Å². The van der Waals surface area contributed by atoms with Gasteiger partial charge in [0.05, 0.1) is 58.5 Å². The van der Waals surface area contributed by atoms with E-state index in [4.69, 9.17) is 18.9 Å². The molecule has 0 heterocycles. The number of benzene rings is 1. The van der Waals surface area contributed by atoms with Crippen LogP contribution in [0.4, 0.5) is 10.1 Å². The molecule has 7 heteroatoms. The topological polar surface area (TPSA) is 66.0 Å². The van der Waals surface area contributed by atoms with Crippen LogP contribution in [0.3, 0.4) is 0 Å². The summed E-state index contributed by atoms with van der Waals surface area (Å²) in [6, 6.07) is 6.53. The summed E-state index contributed by atoms with van der Waals surface area (Å²) in [4.78, 5) is 10.7. The highest BCUT2D eigenvalue weighted by Crippen LogP contribution is 2.11. The molecule has 0 aliphatic carbocycles. The lowest BCUT2D eigenvalue weighted by atomic mass is 10.3. The summed E-state index contributed by atoms with van der Waals surface area (Å²) in [7, 11) is 0. The number of ether oxygens (including phenoxy) is 4. The Morgan fingerprint density at radius 2 is 1.40 bits per heavy atom. The molecule has 0 atom stereocenters. The maximum Gasteiger partial charge on any atom is 0.146 e. The highest BCUT2D eigenvalue weighted by atomic mass is 19.1. The molecule has 0 aliphatic rings. The van der Waals surface area contributed by atoms with E-state index in [1.54, 1.807) is 25.1 Å². The maximum atomic E-state index is 13.3. The van der Waals surface area contributed by atoms with Gasteiger partial charge in [-0.1, -0.05) is 12.1 Å². The molecule has 0 radical (unpaired) electrons. The van der Waals surface area contributed by atoms with Crippen LogP contribution < -0.4 is 5.32 Å². The minimum atomic E-state index is -0.268. The zero-order valence-corrected chi connectivity index (χ0v) is 14.8. The third kappa shape index (κ3) is 12.5. The van der Waals surface area contributed by atoms with E-state index in [1.807, 2.05) is 0 Å². The van der Waals surface area contributed by atoms with Gasteiger partial charge in [0, 0.05) is 13.0 Å². The van der Waals surface area contributed by atoms with Crippen LogP contribution in [-0.2, 0) is 23.7 Å². The number of carbonyl (C=O) groups is 1. The quantitative estimate of drug-likeness (QED) is 0.458. The van der Waals surface area contributed by atoms with Gasteiger partial charge < -0.3 is 24.3 Å². The van der Waals surface area contributed by atoms with Crippen molar-refractivity contribution >= 4 is 11.5 Å². The molecule has 1 N–H and O–H groups in total. The summed E-state index contributed by atoms with van der Waals surface area (Å²) in [6.45, 7) is 5.91. The number of Topliss-reactive ketones (excluding diaryl/α,β-unsaturated/α-hetero) is 1. The lowest BCUT2D eigenvalue weighted by Gasteiger charge is -2.09. The molecule has 142 valence electrons. The van der Waals surface area contributed by atoms with Crippen molar-refractivity contribution in [1.82, 2.24) is 0 Å². The van der Waals surface area contributed by atoms with Crippen molar-refractivity contribution in [2.75, 3.05) is 64.7 Å². The highest BCUT2D eigenvalue weighted by Gasteiger charge is 1.98. The van der Waals surface area contributed by atoms with Crippen molar-refractivity contribution in [3.63, 3.8) is 0 Å². The Hall–Kier alpha value is -1.54. The number of para-hydroxylation sites is 1. The summed E-state index contributed by atoms with van der Waals surface area (Å²) in [6.07, 6.45) is 0.443. The molecule has 0 spiro atoms. The number of carbonyl (C=O) groups excluding carboxylic acids is 1. The first-order valence-electron chi connectivity index (χ1n) is 8.49. The van der Waals surface area contributed by atoms with Gasteiger partial charge in [0.15, 0.2) is 0 Å². The van der Waals surface area contributed by atoms with Gasteiger partial charge in [-0.15, -0.1) is 0 Å². The molecule has 25 heavy (non-hydrogen) atoms. The largest absolute Gasteiger partial charge is 0.380 e. The predicted octanol–water partition coefficient (Wildman–Crippen LogP) is 2.28. The second kappa shape index (κ2) is 14.8. The Kier molecular flexibility index (Phi) is 12.7. The van der Waals surface area contributed by atoms with Crippen molar-refractivity contribution in [1.29, 1.82) is 0 Å². The van der Waals surface area contributed by atoms with Gasteiger partial charge in [-0.2, -0.15) is 0 Å². The number of rotatable bonds is 16. The smallest absolute Gasteiger partial charge is 0.146 e. The Bertz CT molecular complexity index is 473. The standard InChI is InChI=1S/C18H28FNO5/c1-16(21)6-8-22-10-12-24-14-15-25-13-11-23-9-7-20-18-5-3-2-4-17(18)19/h2-5,20H,6-15H2,1H3. The Balaban J connectivity index is 1.77. The van der Waals surface area contributed by atoms with Gasteiger partial charge in [0.25, 0.3) is 0 Å². The first kappa shape index (κ1) is 21.5. The summed E-state index contributed by atoms with van der Waals surface area (Å²) in [5.74, 6) is -0.144. The molecule has 0 amide bonds. The van der Waals surface area contributed by atoms with E-state index in [0.717, 1.165) is 0 Å². The number of anilines is 1. The Labute approximate surface area is 148 Å². The zero-order valence-electron chi connectivity index (χ0n) is 14.8. The first-order chi connectivity index (χ1) is 12.2.